The highest BCUT2D eigenvalue weighted by molar-refractivity contribution is 6.01. The number of esters is 1. The number of nitrogens with one attached hydrogen (secondary N) is 1. The van der Waals surface area contributed by atoms with Gasteiger partial charge in [-0.3, -0.25) is 24.0 Å². The predicted molar refractivity (Wildman–Crippen MR) is 183 cm³/mol. The number of Topliss-reactive ketones (excluding diaryl/α,β-unsaturated/α-hetero) is 1. The van der Waals surface area contributed by atoms with Crippen LogP contribution in [-0.4, -0.2) is 92.8 Å². The fraction of sp³-hybridized carbons (Fsp3) is 0.714. The zero-order chi connectivity index (χ0) is 40.2. The Balaban J connectivity index is 0.000000687. The summed E-state index contributed by atoms with van der Waals surface area (Å²) in [4.78, 5) is 99.2. The topological polar surface area (TPSA) is 289 Å². The number of carbonyl (C=O) groups excluding carboxylic acids is 4. The number of rotatable bonds is 19. The molecule has 8 atom stereocenters. The van der Waals surface area contributed by atoms with E-state index in [1.807, 2.05) is 13.0 Å². The number of nitrogens with zero attached hydrogens (tertiary/aromatic N) is 2. The SMILES string of the molecule is CC12C=CC(=O)C=C1CCC1C2C(O)CC2(C)C(C(=O)COC(=O)CC(NC(=O)CCCCCO[N+](=O)[O-])C(=O)O)CCC12.O=C(O)CCCO[N+](=O)[O-]. The van der Waals surface area contributed by atoms with Crippen molar-refractivity contribution in [2.75, 3.05) is 19.8 Å². The number of aliphatic carboxylic acids is 2. The Labute approximate surface area is 310 Å². The molecule has 3 fully saturated rings. The number of hydrogen-bond acceptors (Lipinski definition) is 14. The van der Waals surface area contributed by atoms with Crippen LogP contribution in [0.15, 0.2) is 23.8 Å². The van der Waals surface area contributed by atoms with E-state index in [1.165, 1.54) is 0 Å². The summed E-state index contributed by atoms with van der Waals surface area (Å²) < 4.78 is 5.20. The third kappa shape index (κ3) is 11.5. The molecule has 4 aliphatic rings. The number of hydrogen-bond donors (Lipinski definition) is 4. The second-order valence-electron chi connectivity index (χ2n) is 14.6. The lowest BCUT2D eigenvalue weighted by molar-refractivity contribution is -0.757. The molecule has 0 aromatic carbocycles. The number of aliphatic hydroxyl groups is 1. The van der Waals surface area contributed by atoms with Gasteiger partial charge in [-0.15, -0.1) is 20.2 Å². The molecule has 19 nitrogen and oxygen atoms in total. The molecular weight excluding hydrogens is 718 g/mol. The molecule has 0 saturated heterocycles. The molecule has 0 aromatic heterocycles. The van der Waals surface area contributed by atoms with E-state index in [4.69, 9.17) is 9.84 Å². The van der Waals surface area contributed by atoms with Crippen molar-refractivity contribution in [1.82, 2.24) is 5.32 Å². The van der Waals surface area contributed by atoms with E-state index in [0.29, 0.717) is 32.1 Å². The number of carboxylic acid groups (broad SMARTS) is 2. The van der Waals surface area contributed by atoms with Crippen LogP contribution in [0, 0.1) is 54.7 Å². The first-order valence-electron chi connectivity index (χ1n) is 18.0. The van der Waals surface area contributed by atoms with Crippen molar-refractivity contribution in [3.05, 3.63) is 44.0 Å². The zero-order valence-corrected chi connectivity index (χ0v) is 30.3. The molecule has 3 saturated carbocycles. The monoisotopic (exact) mass is 767 g/mol. The first-order valence-corrected chi connectivity index (χ1v) is 18.0. The largest absolute Gasteiger partial charge is 0.481 e. The maximum Gasteiger partial charge on any atom is 0.326 e. The molecule has 0 bridgehead atoms. The minimum absolute atomic E-state index is 0.0283. The van der Waals surface area contributed by atoms with Gasteiger partial charge >= 0.3 is 17.9 Å². The molecule has 8 unspecified atom stereocenters. The van der Waals surface area contributed by atoms with Gasteiger partial charge < -0.3 is 35.0 Å². The highest BCUT2D eigenvalue weighted by atomic mass is 17.0. The smallest absolute Gasteiger partial charge is 0.326 e. The second kappa shape index (κ2) is 19.4. The zero-order valence-electron chi connectivity index (χ0n) is 30.3. The third-order valence-electron chi connectivity index (χ3n) is 11.2. The molecule has 0 radical (unpaired) electrons. The lowest BCUT2D eigenvalue weighted by Crippen LogP contribution is -2.56. The highest BCUT2D eigenvalue weighted by Crippen LogP contribution is 2.66. The lowest BCUT2D eigenvalue weighted by atomic mass is 9.46. The number of aliphatic hydroxyl groups excluding tert-OH is 1. The van der Waals surface area contributed by atoms with Crippen molar-refractivity contribution < 1.29 is 68.7 Å². The van der Waals surface area contributed by atoms with Gasteiger partial charge in [-0.05, 0) is 80.8 Å². The number of fused-ring (bicyclic) bond motifs is 5. The highest BCUT2D eigenvalue weighted by Gasteiger charge is 2.62. The average molecular weight is 768 g/mol. The number of carboxylic acids is 2. The van der Waals surface area contributed by atoms with Crippen LogP contribution in [0.2, 0.25) is 0 Å². The molecule has 1 amide bonds. The van der Waals surface area contributed by atoms with Gasteiger partial charge in [0, 0.05) is 30.1 Å². The summed E-state index contributed by atoms with van der Waals surface area (Å²) in [7, 11) is 0. The van der Waals surface area contributed by atoms with Gasteiger partial charge in [0.2, 0.25) is 5.91 Å². The number of allylic oxidation sites excluding steroid dienone is 4. The Morgan fingerprint density at radius 1 is 0.963 bits per heavy atom. The molecule has 4 N–H and O–H groups in total. The van der Waals surface area contributed by atoms with Crippen LogP contribution >= 0.6 is 0 Å². The summed E-state index contributed by atoms with van der Waals surface area (Å²) in [6.07, 6.45) is 8.53. The van der Waals surface area contributed by atoms with Crippen molar-refractivity contribution in [3.63, 3.8) is 0 Å². The predicted octanol–water partition coefficient (Wildman–Crippen LogP) is 2.78. The first-order chi connectivity index (χ1) is 25.4. The molecule has 0 heterocycles. The van der Waals surface area contributed by atoms with Crippen molar-refractivity contribution in [2.24, 2.45) is 34.5 Å². The van der Waals surface area contributed by atoms with Crippen LogP contribution in [0.5, 0.6) is 0 Å². The number of amides is 1. The van der Waals surface area contributed by atoms with Gasteiger partial charge in [0.15, 0.2) is 11.6 Å². The van der Waals surface area contributed by atoms with Crippen LogP contribution in [-0.2, 0) is 43.2 Å². The maximum atomic E-state index is 13.4. The number of ether oxygens (including phenoxy) is 1. The van der Waals surface area contributed by atoms with Gasteiger partial charge in [-0.25, -0.2) is 4.79 Å². The average Bonchev–Trinajstić information content (AvgIpc) is 3.43. The number of unbranched alkanes of at least 4 members (excludes halogenated alkanes) is 2. The fourth-order valence-corrected chi connectivity index (χ4v) is 8.86. The van der Waals surface area contributed by atoms with Crippen molar-refractivity contribution in [2.45, 2.75) is 103 Å². The summed E-state index contributed by atoms with van der Waals surface area (Å²) in [5.41, 5.74) is 0.171. The van der Waals surface area contributed by atoms with Crippen molar-refractivity contribution in [3.8, 4) is 0 Å². The van der Waals surface area contributed by atoms with E-state index in [9.17, 15) is 59.2 Å². The molecule has 0 spiro atoms. The Morgan fingerprint density at radius 3 is 2.26 bits per heavy atom. The van der Waals surface area contributed by atoms with E-state index in [0.717, 1.165) is 24.8 Å². The minimum atomic E-state index is -1.53. The standard InChI is InChI=1S/C31H42N2O11.C4H7NO5/c1-30-12-11-19(34)14-18(30)7-8-20-21-9-10-22(31(21,2)16-24(35)28(20)30)25(36)17-43-27(38)15-23(29(39)40)32-26(37)6-4-3-5-13-44-33(41)42;6-4(7)2-1-3-10-5(8)9/h11-12,14,20-24,28,35H,3-10,13,15-17H2,1-2H3,(H,32,37)(H,39,40);1-3H2,(H,6,7). The van der Waals surface area contributed by atoms with Crippen LogP contribution in [0.3, 0.4) is 0 Å². The molecule has 0 aliphatic heterocycles. The van der Waals surface area contributed by atoms with Gasteiger partial charge in [0.25, 0.3) is 10.2 Å². The normalized spacial score (nSPS) is 28.3. The van der Waals surface area contributed by atoms with Crippen LogP contribution in [0.25, 0.3) is 0 Å². The van der Waals surface area contributed by atoms with Crippen LogP contribution < -0.4 is 5.32 Å². The maximum absolute atomic E-state index is 13.4. The molecule has 0 aromatic rings. The number of carbonyl (C=O) groups is 6. The minimum Gasteiger partial charge on any atom is -0.481 e. The van der Waals surface area contributed by atoms with E-state index in [1.54, 1.807) is 12.2 Å². The Bertz CT molecular complexity index is 1500. The summed E-state index contributed by atoms with van der Waals surface area (Å²) in [6.45, 7) is 3.36. The lowest BCUT2D eigenvalue weighted by Gasteiger charge is -2.58. The Hall–Kier alpha value is -4.94. The Kier molecular flexibility index (Phi) is 15.6. The molecule has 54 heavy (non-hydrogen) atoms. The summed E-state index contributed by atoms with van der Waals surface area (Å²) in [5, 5.41) is 49.1. The summed E-state index contributed by atoms with van der Waals surface area (Å²) in [6, 6.07) is -1.53. The van der Waals surface area contributed by atoms with Gasteiger partial charge in [-0.1, -0.05) is 31.9 Å². The van der Waals surface area contributed by atoms with Crippen LogP contribution in [0.1, 0.15) is 90.9 Å². The molecule has 4 aliphatic carbocycles. The van der Waals surface area contributed by atoms with E-state index >= 15 is 0 Å². The van der Waals surface area contributed by atoms with Gasteiger partial charge in [-0.2, -0.15) is 0 Å². The quantitative estimate of drug-likeness (QED) is 0.0636. The summed E-state index contributed by atoms with van der Waals surface area (Å²) >= 11 is 0. The second-order valence-corrected chi connectivity index (χ2v) is 14.6. The number of ketones is 2. The van der Waals surface area contributed by atoms with Crippen LogP contribution in [0.4, 0.5) is 0 Å². The first kappa shape index (κ1) is 43.5. The van der Waals surface area contributed by atoms with Crippen molar-refractivity contribution in [1.29, 1.82) is 0 Å². The molecule has 4 rings (SSSR count). The fourth-order valence-electron chi connectivity index (χ4n) is 8.86. The van der Waals surface area contributed by atoms with Gasteiger partial charge in [0.1, 0.15) is 12.6 Å². The van der Waals surface area contributed by atoms with E-state index in [-0.39, 0.29) is 61.8 Å². The summed E-state index contributed by atoms with van der Waals surface area (Å²) in [5.74, 6) is -4.32. The molecular formula is C35H49N3O16. The van der Waals surface area contributed by atoms with E-state index in [2.05, 4.69) is 21.9 Å². The Morgan fingerprint density at radius 2 is 1.63 bits per heavy atom. The van der Waals surface area contributed by atoms with Crippen molar-refractivity contribution >= 4 is 35.4 Å². The van der Waals surface area contributed by atoms with E-state index < -0.39 is 75.9 Å². The molecule has 300 valence electrons. The van der Waals surface area contributed by atoms with Gasteiger partial charge in [0.05, 0.1) is 25.7 Å². The molecule has 19 heteroatoms. The third-order valence-corrected chi connectivity index (χ3v) is 11.2.